The van der Waals surface area contributed by atoms with E-state index in [-0.39, 0.29) is 37.8 Å². The number of amides is 3. The largest absolute Gasteiger partial charge is 0.388 e. The van der Waals surface area contributed by atoms with Crippen LogP contribution in [0.25, 0.3) is 0 Å². The number of anilines is 1. The normalized spacial score (nSPS) is 18.8. The molecule has 4 N–H and O–H groups in total. The number of halogens is 1. The lowest BCUT2D eigenvalue weighted by Gasteiger charge is -2.15. The standard InChI is InChI=1S/C20H22FN3O4/c21-15-5-1-14(2-6-15)10-22-20(28)23-16-7-3-13(4-8-16)9-19(27)24-11-17(25)18(26)12-24/h1-8,17-18,25-26H,9-12H2,(H2,22,23,28)/t17-,18-/m1/s1. The zero-order valence-electron chi connectivity index (χ0n) is 15.1. The maximum atomic E-state index is 12.9. The average Bonchev–Trinajstić information content (AvgIpc) is 3.02. The predicted molar refractivity (Wildman–Crippen MR) is 101 cm³/mol. The van der Waals surface area contributed by atoms with E-state index in [9.17, 15) is 24.2 Å². The van der Waals surface area contributed by atoms with Crippen molar-refractivity contribution in [1.29, 1.82) is 0 Å². The highest BCUT2D eigenvalue weighted by Gasteiger charge is 2.32. The van der Waals surface area contributed by atoms with Crippen molar-refractivity contribution in [3.63, 3.8) is 0 Å². The Hall–Kier alpha value is -2.97. The van der Waals surface area contributed by atoms with E-state index in [1.807, 2.05) is 0 Å². The first-order valence-electron chi connectivity index (χ1n) is 8.93. The Labute approximate surface area is 161 Å². The van der Waals surface area contributed by atoms with Gasteiger partial charge >= 0.3 is 6.03 Å². The fraction of sp³-hybridized carbons (Fsp3) is 0.300. The summed E-state index contributed by atoms with van der Waals surface area (Å²) in [4.78, 5) is 25.6. The highest BCUT2D eigenvalue weighted by molar-refractivity contribution is 5.89. The van der Waals surface area contributed by atoms with Crippen molar-refractivity contribution in [1.82, 2.24) is 10.2 Å². The molecule has 0 bridgehead atoms. The molecule has 2 aromatic rings. The molecule has 1 fully saturated rings. The number of aliphatic hydroxyl groups excluding tert-OH is 2. The maximum Gasteiger partial charge on any atom is 0.319 e. The Balaban J connectivity index is 1.46. The van der Waals surface area contributed by atoms with Crippen LogP contribution in [-0.2, 0) is 17.8 Å². The number of rotatable bonds is 5. The Morgan fingerprint density at radius 3 is 2.14 bits per heavy atom. The summed E-state index contributed by atoms with van der Waals surface area (Å²) in [5.41, 5.74) is 2.11. The van der Waals surface area contributed by atoms with Crippen molar-refractivity contribution in [2.24, 2.45) is 0 Å². The highest BCUT2D eigenvalue weighted by Crippen LogP contribution is 2.14. The molecule has 0 aliphatic carbocycles. The maximum absolute atomic E-state index is 12.9. The average molecular weight is 387 g/mol. The van der Waals surface area contributed by atoms with Crippen LogP contribution in [0, 0.1) is 5.82 Å². The molecule has 148 valence electrons. The minimum atomic E-state index is -0.899. The first-order chi connectivity index (χ1) is 13.4. The molecule has 0 spiro atoms. The summed E-state index contributed by atoms with van der Waals surface area (Å²) < 4.78 is 12.9. The van der Waals surface area contributed by atoms with E-state index >= 15 is 0 Å². The minimum Gasteiger partial charge on any atom is -0.388 e. The van der Waals surface area contributed by atoms with E-state index in [1.165, 1.54) is 17.0 Å². The van der Waals surface area contributed by atoms with Gasteiger partial charge in [-0.05, 0) is 35.4 Å². The molecule has 28 heavy (non-hydrogen) atoms. The lowest BCUT2D eigenvalue weighted by molar-refractivity contribution is -0.129. The smallest absolute Gasteiger partial charge is 0.319 e. The molecule has 1 aliphatic rings. The summed E-state index contributed by atoms with van der Waals surface area (Å²) in [6.45, 7) is 0.536. The zero-order valence-corrected chi connectivity index (χ0v) is 15.1. The molecule has 2 aromatic carbocycles. The number of hydrogen-bond donors (Lipinski definition) is 4. The van der Waals surface area contributed by atoms with Gasteiger partial charge in [0.05, 0.1) is 18.6 Å². The third-order valence-corrected chi connectivity index (χ3v) is 4.55. The Bertz CT molecular complexity index is 816. The van der Waals surface area contributed by atoms with Crippen LogP contribution in [0.1, 0.15) is 11.1 Å². The van der Waals surface area contributed by atoms with Gasteiger partial charge in [0.15, 0.2) is 0 Å². The van der Waals surface area contributed by atoms with Crippen LogP contribution >= 0.6 is 0 Å². The summed E-state index contributed by atoms with van der Waals surface area (Å²) in [6.07, 6.45) is -1.65. The monoisotopic (exact) mass is 387 g/mol. The summed E-state index contributed by atoms with van der Waals surface area (Å²) >= 11 is 0. The quantitative estimate of drug-likeness (QED) is 0.620. The molecule has 7 nitrogen and oxygen atoms in total. The van der Waals surface area contributed by atoms with Crippen molar-refractivity contribution >= 4 is 17.6 Å². The predicted octanol–water partition coefficient (Wildman–Crippen LogP) is 1.25. The number of benzene rings is 2. The van der Waals surface area contributed by atoms with E-state index in [1.54, 1.807) is 36.4 Å². The Morgan fingerprint density at radius 1 is 0.964 bits per heavy atom. The van der Waals surface area contributed by atoms with Crippen molar-refractivity contribution in [2.75, 3.05) is 18.4 Å². The van der Waals surface area contributed by atoms with Crippen LogP contribution in [0.2, 0.25) is 0 Å². The van der Waals surface area contributed by atoms with E-state index in [0.29, 0.717) is 5.69 Å². The van der Waals surface area contributed by atoms with Crippen LogP contribution < -0.4 is 10.6 Å². The van der Waals surface area contributed by atoms with Gasteiger partial charge in [0.2, 0.25) is 5.91 Å². The second kappa shape index (κ2) is 8.81. The summed E-state index contributed by atoms with van der Waals surface area (Å²) in [7, 11) is 0. The third-order valence-electron chi connectivity index (χ3n) is 4.55. The SMILES string of the molecule is O=C(NCc1ccc(F)cc1)Nc1ccc(CC(=O)N2C[C@@H](O)[C@H](O)C2)cc1. The summed E-state index contributed by atoms with van der Waals surface area (Å²) in [5, 5.41) is 24.4. The van der Waals surface area contributed by atoms with Crippen molar-refractivity contribution in [2.45, 2.75) is 25.2 Å². The molecule has 8 heteroatoms. The number of carbonyl (C=O) groups excluding carboxylic acids is 2. The molecule has 0 saturated carbocycles. The minimum absolute atomic E-state index is 0.133. The Morgan fingerprint density at radius 2 is 1.54 bits per heavy atom. The van der Waals surface area contributed by atoms with E-state index in [0.717, 1.165) is 11.1 Å². The zero-order chi connectivity index (χ0) is 20.1. The molecule has 0 aromatic heterocycles. The van der Waals surface area contributed by atoms with Gasteiger partial charge in [0, 0.05) is 25.3 Å². The molecule has 3 rings (SSSR count). The molecular weight excluding hydrogens is 365 g/mol. The van der Waals surface area contributed by atoms with Crippen LogP contribution in [-0.4, -0.2) is 52.3 Å². The van der Waals surface area contributed by atoms with E-state index in [2.05, 4.69) is 10.6 Å². The lowest BCUT2D eigenvalue weighted by Crippen LogP contribution is -2.31. The molecule has 1 aliphatic heterocycles. The van der Waals surface area contributed by atoms with E-state index < -0.39 is 18.2 Å². The molecular formula is C20H22FN3O4. The molecule has 2 atom stereocenters. The molecule has 3 amide bonds. The van der Waals surface area contributed by atoms with Gasteiger partial charge in [-0.1, -0.05) is 24.3 Å². The van der Waals surface area contributed by atoms with Gasteiger partial charge in [0.1, 0.15) is 5.82 Å². The number of hydrogen-bond acceptors (Lipinski definition) is 4. The third kappa shape index (κ3) is 5.28. The van der Waals surface area contributed by atoms with Gasteiger partial charge in [-0.15, -0.1) is 0 Å². The molecule has 1 heterocycles. The van der Waals surface area contributed by atoms with Crippen molar-refractivity contribution in [3.8, 4) is 0 Å². The molecule has 0 radical (unpaired) electrons. The van der Waals surface area contributed by atoms with Crippen LogP contribution in [0.3, 0.4) is 0 Å². The second-order valence-electron chi connectivity index (χ2n) is 6.74. The fourth-order valence-corrected chi connectivity index (χ4v) is 2.93. The summed E-state index contributed by atoms with van der Waals surface area (Å²) in [5.74, 6) is -0.503. The van der Waals surface area contributed by atoms with Crippen LogP contribution in [0.15, 0.2) is 48.5 Å². The molecule has 0 unspecified atom stereocenters. The number of likely N-dealkylation sites (tertiary alicyclic amines) is 1. The summed E-state index contributed by atoms with van der Waals surface area (Å²) in [6, 6.07) is 12.3. The fourth-order valence-electron chi connectivity index (χ4n) is 2.93. The molecule has 1 saturated heterocycles. The second-order valence-corrected chi connectivity index (χ2v) is 6.74. The van der Waals surface area contributed by atoms with Gasteiger partial charge < -0.3 is 25.7 Å². The number of urea groups is 1. The topological polar surface area (TPSA) is 102 Å². The number of nitrogens with one attached hydrogen (secondary N) is 2. The number of β-amino-alcohol motifs (C(OH)–C–C–N with tert-alkyl or cyclic N) is 2. The van der Waals surface area contributed by atoms with Gasteiger partial charge in [-0.2, -0.15) is 0 Å². The van der Waals surface area contributed by atoms with Crippen molar-refractivity contribution < 1.29 is 24.2 Å². The Kier molecular flexibility index (Phi) is 6.23. The van der Waals surface area contributed by atoms with Crippen molar-refractivity contribution in [3.05, 3.63) is 65.5 Å². The van der Waals surface area contributed by atoms with Gasteiger partial charge in [-0.3, -0.25) is 4.79 Å². The first kappa shape index (κ1) is 19.8. The lowest BCUT2D eigenvalue weighted by atomic mass is 10.1. The van der Waals surface area contributed by atoms with Gasteiger partial charge in [-0.25, -0.2) is 9.18 Å². The van der Waals surface area contributed by atoms with E-state index in [4.69, 9.17) is 0 Å². The number of carbonyl (C=O) groups is 2. The number of aliphatic hydroxyl groups is 2. The van der Waals surface area contributed by atoms with Gasteiger partial charge in [0.25, 0.3) is 0 Å². The first-order valence-corrected chi connectivity index (χ1v) is 8.93. The number of nitrogens with zero attached hydrogens (tertiary/aromatic N) is 1. The van der Waals surface area contributed by atoms with Crippen LogP contribution in [0.4, 0.5) is 14.9 Å². The van der Waals surface area contributed by atoms with Crippen LogP contribution in [0.5, 0.6) is 0 Å². The highest BCUT2D eigenvalue weighted by atomic mass is 19.1.